The molecule has 0 aliphatic heterocycles. The second-order valence-electron chi connectivity index (χ2n) is 6.01. The van der Waals surface area contributed by atoms with Crippen LogP contribution in [0.3, 0.4) is 0 Å². The van der Waals surface area contributed by atoms with Gasteiger partial charge in [-0.2, -0.15) is 0 Å². The zero-order chi connectivity index (χ0) is 21.4. The highest BCUT2D eigenvalue weighted by molar-refractivity contribution is 9.10. The van der Waals surface area contributed by atoms with E-state index in [4.69, 9.17) is 16.3 Å². The number of hydrogen-bond donors (Lipinski definition) is 2. The Bertz CT molecular complexity index is 870. The van der Waals surface area contributed by atoms with Crippen molar-refractivity contribution in [2.45, 2.75) is 46.0 Å². The van der Waals surface area contributed by atoms with Crippen LogP contribution in [0.5, 0.6) is 0 Å². The van der Waals surface area contributed by atoms with E-state index in [1.54, 1.807) is 0 Å². The number of benzene rings is 1. The second-order valence-corrected chi connectivity index (χ2v) is 7.08. The maximum atomic E-state index is 11.8. The Kier molecular flexibility index (Phi) is 9.57. The van der Waals surface area contributed by atoms with E-state index in [0.717, 1.165) is 32.2 Å². The molecule has 7 heteroatoms. The van der Waals surface area contributed by atoms with Gasteiger partial charge >= 0.3 is 5.97 Å². The lowest BCUT2D eigenvalue weighted by Crippen LogP contribution is -2.15. The summed E-state index contributed by atoms with van der Waals surface area (Å²) in [6.45, 7) is 5.88. The Morgan fingerprint density at radius 2 is 1.96 bits per heavy atom. The predicted molar refractivity (Wildman–Crippen MR) is 119 cm³/mol. The van der Waals surface area contributed by atoms with Crippen molar-refractivity contribution in [1.82, 2.24) is 4.98 Å². The molecule has 1 aromatic heterocycles. The fourth-order valence-electron chi connectivity index (χ4n) is 2.88. The van der Waals surface area contributed by atoms with E-state index in [9.17, 15) is 9.59 Å². The smallest absolute Gasteiger partial charge is 0.310 e. The Morgan fingerprint density at radius 3 is 2.46 bits per heavy atom. The number of aromatic nitrogens is 1. The van der Waals surface area contributed by atoms with Gasteiger partial charge in [0.2, 0.25) is 5.91 Å². The van der Waals surface area contributed by atoms with Crippen LogP contribution in [0.2, 0.25) is 0 Å². The Hall–Kier alpha value is -1.97. The standard InChI is InChI=1S/C17H18BrClN2O3.C2H6.C2H2/c1-8-10(6-14(23)24-2)15(18)11-5-12(9-3-4-9)20-17(11)16(8)21-13(22)7-19;2*1-2/h5,9,20H,3-4,6-7H2,1-2H3,(H,21,22);1-2H3;1-2H. The molecule has 152 valence electrons. The van der Waals surface area contributed by atoms with Crippen LogP contribution in [0.1, 0.15) is 49.4 Å². The minimum atomic E-state index is -0.328. The molecule has 1 heterocycles. The highest BCUT2D eigenvalue weighted by atomic mass is 79.9. The molecule has 1 amide bonds. The molecule has 1 aliphatic rings. The van der Waals surface area contributed by atoms with Gasteiger partial charge in [-0.3, -0.25) is 9.59 Å². The van der Waals surface area contributed by atoms with Crippen molar-refractivity contribution in [2.24, 2.45) is 0 Å². The number of aromatic amines is 1. The van der Waals surface area contributed by atoms with Gasteiger partial charge in [-0.1, -0.05) is 13.8 Å². The molecule has 1 aromatic carbocycles. The maximum Gasteiger partial charge on any atom is 0.310 e. The van der Waals surface area contributed by atoms with E-state index in [1.165, 1.54) is 20.0 Å². The van der Waals surface area contributed by atoms with Gasteiger partial charge in [-0.05, 0) is 58.8 Å². The van der Waals surface area contributed by atoms with Crippen molar-refractivity contribution in [3.63, 3.8) is 0 Å². The third-order valence-corrected chi connectivity index (χ3v) is 5.52. The molecule has 0 saturated heterocycles. The first-order valence-electron chi connectivity index (χ1n) is 9.05. The second kappa shape index (κ2) is 11.1. The van der Waals surface area contributed by atoms with Gasteiger partial charge in [0.25, 0.3) is 0 Å². The first-order valence-corrected chi connectivity index (χ1v) is 10.4. The van der Waals surface area contributed by atoms with Crippen LogP contribution >= 0.6 is 27.5 Å². The monoisotopic (exact) mass is 468 g/mol. The van der Waals surface area contributed by atoms with E-state index in [1.807, 2.05) is 20.8 Å². The molecule has 2 N–H and O–H groups in total. The first kappa shape index (κ1) is 24.1. The van der Waals surface area contributed by atoms with Gasteiger partial charge in [0, 0.05) is 15.6 Å². The van der Waals surface area contributed by atoms with Gasteiger partial charge in [-0.25, -0.2) is 0 Å². The van der Waals surface area contributed by atoms with Crippen LogP contribution in [0.25, 0.3) is 10.9 Å². The molecule has 1 aliphatic carbocycles. The number of amides is 1. The number of methoxy groups -OCH3 is 1. The van der Waals surface area contributed by atoms with Crippen molar-refractivity contribution in [3.05, 3.63) is 27.4 Å². The van der Waals surface area contributed by atoms with Crippen LogP contribution in [0, 0.1) is 19.8 Å². The number of ether oxygens (including phenoxy) is 1. The molecule has 1 fully saturated rings. The molecule has 2 aromatic rings. The number of anilines is 1. The zero-order valence-electron chi connectivity index (χ0n) is 16.6. The van der Waals surface area contributed by atoms with Crippen LogP contribution in [0.15, 0.2) is 10.5 Å². The van der Waals surface area contributed by atoms with Crippen molar-refractivity contribution >= 4 is 56.0 Å². The number of esters is 1. The van der Waals surface area contributed by atoms with Crippen molar-refractivity contribution in [3.8, 4) is 12.8 Å². The minimum Gasteiger partial charge on any atom is -0.469 e. The number of carbonyl (C=O) groups is 2. The van der Waals surface area contributed by atoms with Gasteiger partial charge in [0.15, 0.2) is 0 Å². The topological polar surface area (TPSA) is 71.2 Å². The number of nitrogens with one attached hydrogen (secondary N) is 2. The molecule has 0 atom stereocenters. The molecular formula is C21H26BrClN2O3. The average molecular weight is 470 g/mol. The van der Waals surface area contributed by atoms with E-state index < -0.39 is 0 Å². The fourth-order valence-corrected chi connectivity index (χ4v) is 3.70. The summed E-state index contributed by atoms with van der Waals surface area (Å²) in [6, 6.07) is 2.09. The molecule has 0 radical (unpaired) electrons. The third kappa shape index (κ3) is 5.30. The number of alkyl halides is 1. The third-order valence-electron chi connectivity index (χ3n) is 4.37. The largest absolute Gasteiger partial charge is 0.469 e. The number of halogens is 2. The quantitative estimate of drug-likeness (QED) is 0.355. The Balaban J connectivity index is 0.000000921. The zero-order valence-corrected chi connectivity index (χ0v) is 19.0. The number of rotatable bonds is 5. The fraction of sp³-hybridized carbons (Fsp3) is 0.429. The average Bonchev–Trinajstić information content (AvgIpc) is 3.49. The van der Waals surface area contributed by atoms with E-state index in [0.29, 0.717) is 11.6 Å². The summed E-state index contributed by atoms with van der Waals surface area (Å²) in [5.41, 5.74) is 4.31. The number of terminal acetylenes is 1. The van der Waals surface area contributed by atoms with E-state index in [-0.39, 0.29) is 24.2 Å². The summed E-state index contributed by atoms with van der Waals surface area (Å²) in [5, 5.41) is 3.81. The van der Waals surface area contributed by atoms with Crippen LogP contribution in [-0.2, 0) is 20.7 Å². The summed E-state index contributed by atoms with van der Waals surface area (Å²) >= 11 is 9.27. The lowest BCUT2D eigenvalue weighted by Gasteiger charge is -2.15. The summed E-state index contributed by atoms with van der Waals surface area (Å²) in [7, 11) is 1.36. The molecular weight excluding hydrogens is 444 g/mol. The van der Waals surface area contributed by atoms with E-state index in [2.05, 4.69) is 45.1 Å². The molecule has 1 saturated carbocycles. The normalized spacial score (nSPS) is 12.3. The first-order chi connectivity index (χ1) is 13.5. The summed E-state index contributed by atoms with van der Waals surface area (Å²) in [6.07, 6.45) is 10.5. The van der Waals surface area contributed by atoms with Crippen molar-refractivity contribution in [1.29, 1.82) is 0 Å². The molecule has 0 spiro atoms. The van der Waals surface area contributed by atoms with Crippen molar-refractivity contribution < 1.29 is 14.3 Å². The van der Waals surface area contributed by atoms with Gasteiger partial charge in [0.1, 0.15) is 5.88 Å². The Morgan fingerprint density at radius 1 is 1.36 bits per heavy atom. The van der Waals surface area contributed by atoms with Gasteiger partial charge in [0.05, 0.1) is 24.7 Å². The van der Waals surface area contributed by atoms with E-state index >= 15 is 0 Å². The SMILES string of the molecule is C#C.CC.COC(=O)Cc1c(C)c(NC(=O)CCl)c2[nH]c(C3CC3)cc2c1Br. The van der Waals surface area contributed by atoms with Crippen LogP contribution in [0.4, 0.5) is 5.69 Å². The van der Waals surface area contributed by atoms with Crippen LogP contribution < -0.4 is 5.32 Å². The number of H-pyrrole nitrogens is 1. The summed E-state index contributed by atoms with van der Waals surface area (Å²) in [5.74, 6) is -0.189. The minimum absolute atomic E-state index is 0.125. The predicted octanol–water partition coefficient (Wildman–Crippen LogP) is 5.28. The number of fused-ring (bicyclic) bond motifs is 1. The summed E-state index contributed by atoms with van der Waals surface area (Å²) < 4.78 is 5.65. The highest BCUT2D eigenvalue weighted by Crippen LogP contribution is 2.44. The maximum absolute atomic E-state index is 11.8. The lowest BCUT2D eigenvalue weighted by molar-refractivity contribution is -0.139. The number of hydrogen-bond acceptors (Lipinski definition) is 3. The molecule has 0 bridgehead atoms. The van der Waals surface area contributed by atoms with Gasteiger partial charge in [-0.15, -0.1) is 24.4 Å². The highest BCUT2D eigenvalue weighted by Gasteiger charge is 2.28. The van der Waals surface area contributed by atoms with Gasteiger partial charge < -0.3 is 15.0 Å². The van der Waals surface area contributed by atoms with Crippen LogP contribution in [-0.4, -0.2) is 29.9 Å². The molecule has 3 rings (SSSR count). The Labute approximate surface area is 179 Å². The van der Waals surface area contributed by atoms with Crippen molar-refractivity contribution in [2.75, 3.05) is 18.3 Å². The molecule has 0 unspecified atom stereocenters. The molecule has 5 nitrogen and oxygen atoms in total. The molecule has 28 heavy (non-hydrogen) atoms. The summed E-state index contributed by atoms with van der Waals surface area (Å²) in [4.78, 5) is 27.0. The number of carbonyl (C=O) groups excluding carboxylic acids is 2. The lowest BCUT2D eigenvalue weighted by atomic mass is 10.0.